The molecule has 0 aromatic heterocycles. The second-order valence-corrected chi connectivity index (χ2v) is 9.71. The van der Waals surface area contributed by atoms with E-state index in [4.69, 9.17) is 9.47 Å². The molecule has 0 N–H and O–H groups in total. The van der Waals surface area contributed by atoms with Gasteiger partial charge in [-0.05, 0) is 78.6 Å². The smallest absolute Gasteiger partial charge is 0.710 e. The van der Waals surface area contributed by atoms with Crippen LogP contribution in [0.25, 0.3) is 0 Å². The number of benzene rings is 4. The Labute approximate surface area is 229 Å². The van der Waals surface area contributed by atoms with Crippen molar-refractivity contribution in [3.63, 3.8) is 0 Å². The minimum Gasteiger partial charge on any atom is -0.710 e. The van der Waals surface area contributed by atoms with E-state index in [9.17, 15) is 5.26 Å². The molecule has 4 nitrogen and oxygen atoms in total. The zero-order chi connectivity index (χ0) is 24.8. The van der Waals surface area contributed by atoms with Crippen LogP contribution in [0.4, 0.5) is 0 Å². The molecule has 180 valence electrons. The third kappa shape index (κ3) is 6.76. The third-order valence-electron chi connectivity index (χ3n) is 6.19. The van der Waals surface area contributed by atoms with Crippen molar-refractivity contribution in [2.75, 3.05) is 0 Å². The number of ether oxygens (including phenoxy) is 2. The van der Waals surface area contributed by atoms with Gasteiger partial charge in [0.25, 0.3) is 0 Å². The topological polar surface area (TPSA) is 50.8 Å². The molecule has 4 aromatic carbocycles. The number of aryl methyl sites for hydroxylation is 2. The van der Waals surface area contributed by atoms with E-state index in [0.29, 0.717) is 5.75 Å². The zero-order valence-electron chi connectivity index (χ0n) is 21.4. The molecular weight excluding hydrogens is 463 g/mol. The van der Waals surface area contributed by atoms with Crippen LogP contribution in [0.3, 0.4) is 0 Å². The number of hydrogen-bond donors (Lipinski definition) is 0. The minimum atomic E-state index is -0.195. The normalized spacial score (nSPS) is 11.0. The van der Waals surface area contributed by atoms with Crippen LogP contribution in [-0.2, 0) is 16.2 Å². The fourth-order valence-electron chi connectivity index (χ4n) is 3.93. The van der Waals surface area contributed by atoms with Gasteiger partial charge in [0, 0.05) is 22.4 Å². The predicted octanol–water partition coefficient (Wildman–Crippen LogP) is 4.77. The van der Waals surface area contributed by atoms with E-state index in [2.05, 4.69) is 49.4 Å². The van der Waals surface area contributed by atoms with Crippen LogP contribution in [0.2, 0.25) is 0 Å². The molecule has 0 aliphatic heterocycles. The SMILES string of the molecule is CCc1ccc(Oc2ccc(C(C)(C)c3ccc(Oc4ccc(C)cc4)cc3)cc2)cc1SO[O-].[Li+]. The van der Waals surface area contributed by atoms with Crippen molar-refractivity contribution in [1.29, 1.82) is 0 Å². The molecule has 0 spiro atoms. The average Bonchev–Trinajstić information content (AvgIpc) is 2.87. The second-order valence-electron chi connectivity index (χ2n) is 8.97. The van der Waals surface area contributed by atoms with Crippen LogP contribution >= 0.6 is 12.0 Å². The van der Waals surface area contributed by atoms with Crippen molar-refractivity contribution < 1.29 is 37.9 Å². The van der Waals surface area contributed by atoms with E-state index in [-0.39, 0.29) is 24.3 Å². The average molecular weight is 493 g/mol. The van der Waals surface area contributed by atoms with Gasteiger partial charge in [-0.3, -0.25) is 0 Å². The first-order valence-corrected chi connectivity index (χ1v) is 12.4. The quantitative estimate of drug-likeness (QED) is 0.146. The maximum absolute atomic E-state index is 10.6. The monoisotopic (exact) mass is 492 g/mol. The molecule has 0 saturated heterocycles. The first kappa shape index (κ1) is 27.9. The molecular formula is C30H29LiO4S. The molecule has 0 heterocycles. The van der Waals surface area contributed by atoms with Gasteiger partial charge in [-0.2, -0.15) is 0 Å². The summed E-state index contributed by atoms with van der Waals surface area (Å²) in [4.78, 5) is 0.771. The maximum Gasteiger partial charge on any atom is 1.00 e. The first-order valence-electron chi connectivity index (χ1n) is 11.6. The molecule has 0 aliphatic rings. The Balaban J connectivity index is 0.00000361. The van der Waals surface area contributed by atoms with Crippen molar-refractivity contribution in [2.24, 2.45) is 0 Å². The van der Waals surface area contributed by atoms with E-state index in [1.807, 2.05) is 73.7 Å². The summed E-state index contributed by atoms with van der Waals surface area (Å²) in [6.45, 7) is 8.50. The van der Waals surface area contributed by atoms with Gasteiger partial charge < -0.3 is 19.1 Å². The Morgan fingerprint density at radius 1 is 0.694 bits per heavy atom. The summed E-state index contributed by atoms with van der Waals surface area (Å²) in [5.74, 6) is 3.03. The van der Waals surface area contributed by atoms with Gasteiger partial charge in [-0.25, -0.2) is 0 Å². The van der Waals surface area contributed by atoms with E-state index >= 15 is 0 Å². The molecule has 0 aliphatic carbocycles. The Hall–Kier alpha value is -2.65. The van der Waals surface area contributed by atoms with Gasteiger partial charge in [-0.15, -0.1) is 0 Å². The minimum absolute atomic E-state index is 0. The van der Waals surface area contributed by atoms with E-state index in [1.54, 1.807) is 0 Å². The van der Waals surface area contributed by atoms with Gasteiger partial charge in [0.05, 0.1) is 0 Å². The molecule has 36 heavy (non-hydrogen) atoms. The summed E-state index contributed by atoms with van der Waals surface area (Å²) in [6, 6.07) is 30.1. The van der Waals surface area contributed by atoms with Gasteiger partial charge in [-0.1, -0.05) is 68.8 Å². The molecule has 0 atom stereocenters. The van der Waals surface area contributed by atoms with Crippen molar-refractivity contribution in [3.8, 4) is 23.0 Å². The fourth-order valence-corrected chi connectivity index (χ4v) is 4.49. The second kappa shape index (κ2) is 12.5. The van der Waals surface area contributed by atoms with E-state index < -0.39 is 0 Å². The van der Waals surface area contributed by atoms with E-state index in [0.717, 1.165) is 46.2 Å². The van der Waals surface area contributed by atoms with Crippen LogP contribution in [0.1, 0.15) is 43.0 Å². The standard InChI is InChI=1S/C30H30O4S.Li/c1-5-22-8-15-28(20-29(22)35-34-31)33-27-18-11-24(12-19-27)30(3,4)23-9-16-26(17-10-23)32-25-13-6-21(2)7-14-25;/h6-20,31H,5H2,1-4H3;/q;+1/p-1. The molecule has 6 heteroatoms. The van der Waals surface area contributed by atoms with Gasteiger partial charge in [0.15, 0.2) is 0 Å². The molecule has 4 aromatic rings. The van der Waals surface area contributed by atoms with Gasteiger partial charge >= 0.3 is 18.9 Å². The summed E-state index contributed by atoms with van der Waals surface area (Å²) >= 11 is 0.812. The van der Waals surface area contributed by atoms with Crippen LogP contribution in [-0.4, -0.2) is 0 Å². The summed E-state index contributed by atoms with van der Waals surface area (Å²) in [5.41, 5.74) is 4.42. The van der Waals surface area contributed by atoms with Gasteiger partial charge in [0.1, 0.15) is 23.0 Å². The molecule has 0 fully saturated rings. The van der Waals surface area contributed by atoms with E-state index in [1.165, 1.54) is 16.7 Å². The largest absolute Gasteiger partial charge is 1.00 e. The first-order chi connectivity index (χ1) is 16.9. The molecule has 0 amide bonds. The molecule has 4 rings (SSSR count). The fraction of sp³-hybridized carbons (Fsp3) is 0.200. The van der Waals surface area contributed by atoms with Crippen LogP contribution in [0.5, 0.6) is 23.0 Å². The Kier molecular flexibility index (Phi) is 9.73. The van der Waals surface area contributed by atoms with Crippen LogP contribution < -0.4 is 33.6 Å². The molecule has 0 radical (unpaired) electrons. The van der Waals surface area contributed by atoms with Crippen molar-refractivity contribution in [3.05, 3.63) is 113 Å². The summed E-state index contributed by atoms with van der Waals surface area (Å²) in [6.07, 6.45) is 0.814. The maximum atomic E-state index is 10.6. The van der Waals surface area contributed by atoms with Crippen LogP contribution in [0.15, 0.2) is 95.9 Å². The number of hydrogen-bond acceptors (Lipinski definition) is 5. The Bertz CT molecular complexity index is 1250. The predicted molar refractivity (Wildman–Crippen MR) is 139 cm³/mol. The molecule has 0 bridgehead atoms. The summed E-state index contributed by atoms with van der Waals surface area (Å²) in [7, 11) is 0. The molecule has 0 saturated carbocycles. The van der Waals surface area contributed by atoms with Gasteiger partial charge in [0.2, 0.25) is 0 Å². The molecule has 0 unspecified atom stereocenters. The zero-order valence-corrected chi connectivity index (χ0v) is 22.2. The Morgan fingerprint density at radius 3 is 1.61 bits per heavy atom. The van der Waals surface area contributed by atoms with Crippen molar-refractivity contribution in [2.45, 2.75) is 44.4 Å². The van der Waals surface area contributed by atoms with Crippen molar-refractivity contribution in [1.82, 2.24) is 0 Å². The van der Waals surface area contributed by atoms with Crippen LogP contribution in [0, 0.1) is 6.92 Å². The third-order valence-corrected chi connectivity index (χ3v) is 6.82. The summed E-state index contributed by atoms with van der Waals surface area (Å²) in [5, 5.41) is 10.6. The number of rotatable bonds is 9. The Morgan fingerprint density at radius 2 is 1.14 bits per heavy atom. The summed E-state index contributed by atoms with van der Waals surface area (Å²) < 4.78 is 16.0. The van der Waals surface area contributed by atoms with Crippen molar-refractivity contribution >= 4 is 12.0 Å².